The van der Waals surface area contributed by atoms with E-state index < -0.39 is 0 Å². The first-order valence-electron chi connectivity index (χ1n) is 5.03. The van der Waals surface area contributed by atoms with Gasteiger partial charge in [-0.2, -0.15) is 0 Å². The lowest BCUT2D eigenvalue weighted by Crippen LogP contribution is -2.34. The quantitative estimate of drug-likeness (QED) is 0.663. The molecule has 0 aromatic carbocycles. The molecule has 2 unspecified atom stereocenters. The van der Waals surface area contributed by atoms with Crippen molar-refractivity contribution in [3.63, 3.8) is 0 Å². The van der Waals surface area contributed by atoms with Crippen molar-refractivity contribution in [1.29, 1.82) is 0 Å². The largest absolute Gasteiger partial charge is 0.393 e. The minimum Gasteiger partial charge on any atom is -0.393 e. The molecule has 12 heavy (non-hydrogen) atoms. The summed E-state index contributed by atoms with van der Waals surface area (Å²) >= 11 is 0. The van der Waals surface area contributed by atoms with Gasteiger partial charge in [0.2, 0.25) is 0 Å². The van der Waals surface area contributed by atoms with E-state index in [-0.39, 0.29) is 6.10 Å². The van der Waals surface area contributed by atoms with Gasteiger partial charge in [0.1, 0.15) is 0 Å². The van der Waals surface area contributed by atoms with Crippen LogP contribution < -0.4 is 0 Å². The Kier molecular flexibility index (Phi) is 6.39. The topological polar surface area (TPSA) is 23.5 Å². The van der Waals surface area contributed by atoms with Crippen molar-refractivity contribution in [2.24, 2.45) is 0 Å². The number of nitrogens with zero attached hydrogens (tertiary/aromatic N) is 1. The second-order valence-electron chi connectivity index (χ2n) is 3.52. The molecule has 0 amide bonds. The van der Waals surface area contributed by atoms with Gasteiger partial charge in [-0.05, 0) is 33.2 Å². The van der Waals surface area contributed by atoms with Crippen LogP contribution >= 0.6 is 0 Å². The van der Waals surface area contributed by atoms with Crippen LogP contribution in [0.2, 0.25) is 0 Å². The number of hydrogen-bond acceptors (Lipinski definition) is 2. The summed E-state index contributed by atoms with van der Waals surface area (Å²) in [6, 6.07) is 0.647. The molecule has 1 N–H and O–H groups in total. The molecule has 0 aliphatic carbocycles. The fourth-order valence-electron chi connectivity index (χ4n) is 1.30. The normalized spacial score (nSPS) is 16.5. The van der Waals surface area contributed by atoms with Crippen molar-refractivity contribution < 1.29 is 5.11 Å². The summed E-state index contributed by atoms with van der Waals surface area (Å²) in [5.74, 6) is 0. The molecule has 0 radical (unpaired) electrons. The molecule has 0 bridgehead atoms. The lowest BCUT2D eigenvalue weighted by Gasteiger charge is -2.27. The standard InChI is InChI=1S/C10H23NO/c1-5-9(3)11(6-2)8-7-10(4)12/h9-10,12H,5-8H2,1-4H3. The highest BCUT2D eigenvalue weighted by Crippen LogP contribution is 2.04. The molecule has 0 heterocycles. The van der Waals surface area contributed by atoms with Crippen molar-refractivity contribution >= 4 is 0 Å². The van der Waals surface area contributed by atoms with Gasteiger partial charge in [0, 0.05) is 12.6 Å². The lowest BCUT2D eigenvalue weighted by atomic mass is 10.2. The minimum atomic E-state index is -0.164. The molecule has 0 aliphatic heterocycles. The van der Waals surface area contributed by atoms with E-state index >= 15 is 0 Å². The Morgan fingerprint density at radius 3 is 2.17 bits per heavy atom. The summed E-state index contributed by atoms with van der Waals surface area (Å²) in [5, 5.41) is 9.12. The molecule has 2 heteroatoms. The van der Waals surface area contributed by atoms with Crippen LogP contribution in [0.15, 0.2) is 0 Å². The lowest BCUT2D eigenvalue weighted by molar-refractivity contribution is 0.140. The van der Waals surface area contributed by atoms with Crippen molar-refractivity contribution in [2.45, 2.75) is 52.7 Å². The smallest absolute Gasteiger partial charge is 0.0524 e. The van der Waals surface area contributed by atoms with E-state index in [2.05, 4.69) is 25.7 Å². The highest BCUT2D eigenvalue weighted by molar-refractivity contribution is 4.65. The van der Waals surface area contributed by atoms with Crippen LogP contribution in [0, 0.1) is 0 Å². The first kappa shape index (κ1) is 11.9. The van der Waals surface area contributed by atoms with E-state index in [4.69, 9.17) is 5.11 Å². The molecule has 0 spiro atoms. The van der Waals surface area contributed by atoms with Crippen LogP contribution in [-0.2, 0) is 0 Å². The molecule has 0 fully saturated rings. The highest BCUT2D eigenvalue weighted by Gasteiger charge is 2.09. The molecule has 74 valence electrons. The summed E-state index contributed by atoms with van der Waals surface area (Å²) < 4.78 is 0. The monoisotopic (exact) mass is 173 g/mol. The molecule has 2 atom stereocenters. The molecular formula is C10H23NO. The zero-order valence-corrected chi connectivity index (χ0v) is 8.88. The Morgan fingerprint density at radius 2 is 1.83 bits per heavy atom. The Hall–Kier alpha value is -0.0800. The SMILES string of the molecule is CCC(C)N(CC)CCC(C)O. The van der Waals surface area contributed by atoms with Gasteiger partial charge in [0.05, 0.1) is 6.10 Å². The fourth-order valence-corrected chi connectivity index (χ4v) is 1.30. The summed E-state index contributed by atoms with van der Waals surface area (Å²) in [5.41, 5.74) is 0. The second kappa shape index (κ2) is 6.44. The predicted molar refractivity (Wildman–Crippen MR) is 53.3 cm³/mol. The van der Waals surface area contributed by atoms with Gasteiger partial charge in [0.25, 0.3) is 0 Å². The average Bonchev–Trinajstić information content (AvgIpc) is 2.04. The molecule has 2 nitrogen and oxygen atoms in total. The maximum absolute atomic E-state index is 9.12. The van der Waals surface area contributed by atoms with Crippen molar-refractivity contribution in [2.75, 3.05) is 13.1 Å². The molecule has 0 aromatic heterocycles. The van der Waals surface area contributed by atoms with E-state index in [0.717, 1.165) is 19.5 Å². The molecule has 0 aliphatic rings. The van der Waals surface area contributed by atoms with Crippen LogP contribution in [0.5, 0.6) is 0 Å². The summed E-state index contributed by atoms with van der Waals surface area (Å²) in [6.07, 6.45) is 1.91. The van der Waals surface area contributed by atoms with Gasteiger partial charge >= 0.3 is 0 Å². The Morgan fingerprint density at radius 1 is 1.25 bits per heavy atom. The highest BCUT2D eigenvalue weighted by atomic mass is 16.3. The van der Waals surface area contributed by atoms with Crippen molar-refractivity contribution in [1.82, 2.24) is 4.90 Å². The van der Waals surface area contributed by atoms with E-state index in [1.807, 2.05) is 6.92 Å². The zero-order valence-electron chi connectivity index (χ0n) is 8.88. The van der Waals surface area contributed by atoms with Crippen LogP contribution in [0.25, 0.3) is 0 Å². The molecule has 0 rings (SSSR count). The molecule has 0 saturated carbocycles. The number of hydrogen-bond donors (Lipinski definition) is 1. The zero-order chi connectivity index (χ0) is 9.56. The van der Waals surface area contributed by atoms with Gasteiger partial charge in [-0.25, -0.2) is 0 Å². The first-order valence-corrected chi connectivity index (χ1v) is 5.03. The van der Waals surface area contributed by atoms with E-state index in [1.54, 1.807) is 0 Å². The summed E-state index contributed by atoms with van der Waals surface area (Å²) in [6.45, 7) is 10.6. The number of aliphatic hydroxyl groups excluding tert-OH is 1. The Bertz CT molecular complexity index is 104. The van der Waals surface area contributed by atoms with Crippen molar-refractivity contribution in [3.8, 4) is 0 Å². The average molecular weight is 173 g/mol. The predicted octanol–water partition coefficient (Wildman–Crippen LogP) is 1.88. The van der Waals surface area contributed by atoms with E-state index in [0.29, 0.717) is 6.04 Å². The molecule has 0 aromatic rings. The maximum Gasteiger partial charge on any atom is 0.0524 e. The number of rotatable bonds is 6. The van der Waals surface area contributed by atoms with Gasteiger partial charge in [-0.1, -0.05) is 13.8 Å². The van der Waals surface area contributed by atoms with Gasteiger partial charge in [-0.3, -0.25) is 0 Å². The van der Waals surface area contributed by atoms with Crippen LogP contribution in [0.1, 0.15) is 40.5 Å². The van der Waals surface area contributed by atoms with Gasteiger partial charge in [-0.15, -0.1) is 0 Å². The van der Waals surface area contributed by atoms with Crippen LogP contribution in [0.3, 0.4) is 0 Å². The minimum absolute atomic E-state index is 0.164. The van der Waals surface area contributed by atoms with E-state index in [1.165, 1.54) is 6.42 Å². The van der Waals surface area contributed by atoms with Crippen molar-refractivity contribution in [3.05, 3.63) is 0 Å². The third-order valence-electron chi connectivity index (χ3n) is 2.45. The Labute approximate surface area is 76.6 Å². The third-order valence-corrected chi connectivity index (χ3v) is 2.45. The van der Waals surface area contributed by atoms with Crippen LogP contribution in [0.4, 0.5) is 0 Å². The first-order chi connectivity index (χ1) is 5.61. The number of aliphatic hydroxyl groups is 1. The Balaban J connectivity index is 3.67. The maximum atomic E-state index is 9.12. The second-order valence-corrected chi connectivity index (χ2v) is 3.52. The van der Waals surface area contributed by atoms with Crippen LogP contribution in [-0.4, -0.2) is 35.2 Å². The van der Waals surface area contributed by atoms with E-state index in [9.17, 15) is 0 Å². The van der Waals surface area contributed by atoms with Gasteiger partial charge < -0.3 is 10.0 Å². The molecule has 0 saturated heterocycles. The molecular weight excluding hydrogens is 150 g/mol. The van der Waals surface area contributed by atoms with Gasteiger partial charge in [0.15, 0.2) is 0 Å². The summed E-state index contributed by atoms with van der Waals surface area (Å²) in [7, 11) is 0. The summed E-state index contributed by atoms with van der Waals surface area (Å²) in [4.78, 5) is 2.41. The third kappa shape index (κ3) is 4.73. The fraction of sp³-hybridized carbons (Fsp3) is 1.00.